The van der Waals surface area contributed by atoms with E-state index < -0.39 is 0 Å². The van der Waals surface area contributed by atoms with E-state index in [1.54, 1.807) is 0 Å². The summed E-state index contributed by atoms with van der Waals surface area (Å²) in [6.45, 7) is 4.22. The molecule has 1 aliphatic carbocycles. The van der Waals surface area contributed by atoms with Crippen LogP contribution in [0.25, 0.3) is 0 Å². The van der Waals surface area contributed by atoms with Gasteiger partial charge in [-0.3, -0.25) is 4.79 Å². The molecule has 1 aromatic carbocycles. The molecule has 0 bridgehead atoms. The summed E-state index contributed by atoms with van der Waals surface area (Å²) in [6, 6.07) is 9.33. The molecular weight excluding hydrogens is 272 g/mol. The Kier molecular flexibility index (Phi) is 6.70. The molecule has 0 heterocycles. The number of unbranched alkanes of at least 4 members (excludes halogenated alkanes) is 2. The lowest BCUT2D eigenvalue weighted by Gasteiger charge is -2.24. The molecule has 0 fully saturated rings. The van der Waals surface area contributed by atoms with Crippen LogP contribution in [0.4, 0.5) is 0 Å². The SMILES string of the molecule is CCCCCC1CC=C(C(C)C(=O)Oc2ccccc2)CC1. The number of esters is 1. The summed E-state index contributed by atoms with van der Waals surface area (Å²) in [5.41, 5.74) is 1.26. The highest BCUT2D eigenvalue weighted by Crippen LogP contribution is 2.31. The first-order valence-electron chi connectivity index (χ1n) is 8.66. The van der Waals surface area contributed by atoms with Gasteiger partial charge in [0.05, 0.1) is 5.92 Å². The monoisotopic (exact) mass is 300 g/mol. The average molecular weight is 300 g/mol. The quantitative estimate of drug-likeness (QED) is 0.286. The van der Waals surface area contributed by atoms with Crippen LogP contribution in [0.15, 0.2) is 42.0 Å². The van der Waals surface area contributed by atoms with E-state index >= 15 is 0 Å². The van der Waals surface area contributed by atoms with Gasteiger partial charge in [-0.2, -0.15) is 0 Å². The third-order valence-corrected chi connectivity index (χ3v) is 4.64. The van der Waals surface area contributed by atoms with Gasteiger partial charge in [-0.25, -0.2) is 0 Å². The second kappa shape index (κ2) is 8.77. The fraction of sp³-hybridized carbons (Fsp3) is 0.550. The highest BCUT2D eigenvalue weighted by molar-refractivity contribution is 5.77. The average Bonchev–Trinajstić information content (AvgIpc) is 2.56. The Bertz CT molecular complexity index is 490. The third kappa shape index (κ3) is 5.01. The fourth-order valence-corrected chi connectivity index (χ4v) is 3.09. The fourth-order valence-electron chi connectivity index (χ4n) is 3.09. The van der Waals surface area contributed by atoms with E-state index in [4.69, 9.17) is 4.74 Å². The van der Waals surface area contributed by atoms with Crippen molar-refractivity contribution < 1.29 is 9.53 Å². The van der Waals surface area contributed by atoms with Crippen LogP contribution < -0.4 is 4.74 Å². The maximum atomic E-state index is 12.2. The lowest BCUT2D eigenvalue weighted by atomic mass is 9.82. The van der Waals surface area contributed by atoms with Crippen LogP contribution in [0.3, 0.4) is 0 Å². The molecular formula is C20H28O2. The normalized spacial score (nSPS) is 19.4. The minimum atomic E-state index is -0.137. The lowest BCUT2D eigenvalue weighted by molar-refractivity contribution is -0.137. The first-order chi connectivity index (χ1) is 10.7. The number of benzene rings is 1. The largest absolute Gasteiger partial charge is 0.426 e. The lowest BCUT2D eigenvalue weighted by Crippen LogP contribution is -2.21. The van der Waals surface area contributed by atoms with Gasteiger partial charge in [-0.15, -0.1) is 0 Å². The van der Waals surface area contributed by atoms with Crippen molar-refractivity contribution in [3.05, 3.63) is 42.0 Å². The van der Waals surface area contributed by atoms with Crippen molar-refractivity contribution in [3.63, 3.8) is 0 Å². The first kappa shape index (κ1) is 16.8. The summed E-state index contributed by atoms with van der Waals surface area (Å²) < 4.78 is 5.46. The molecule has 0 saturated carbocycles. The first-order valence-corrected chi connectivity index (χ1v) is 8.66. The molecule has 2 unspecified atom stereocenters. The van der Waals surface area contributed by atoms with Crippen molar-refractivity contribution in [2.75, 3.05) is 0 Å². The van der Waals surface area contributed by atoms with Gasteiger partial charge in [-0.05, 0) is 44.2 Å². The maximum absolute atomic E-state index is 12.2. The highest BCUT2D eigenvalue weighted by Gasteiger charge is 2.23. The summed E-state index contributed by atoms with van der Waals surface area (Å²) in [5, 5.41) is 0. The van der Waals surface area contributed by atoms with E-state index in [-0.39, 0.29) is 11.9 Å². The molecule has 1 aromatic rings. The van der Waals surface area contributed by atoms with Crippen molar-refractivity contribution in [1.82, 2.24) is 0 Å². The molecule has 0 radical (unpaired) electrons. The number of carbonyl (C=O) groups excluding carboxylic acids is 1. The zero-order valence-electron chi connectivity index (χ0n) is 13.9. The zero-order chi connectivity index (χ0) is 15.8. The van der Waals surface area contributed by atoms with Crippen LogP contribution >= 0.6 is 0 Å². The van der Waals surface area contributed by atoms with Crippen molar-refractivity contribution >= 4 is 5.97 Å². The number of carbonyl (C=O) groups is 1. The standard InChI is InChI=1S/C20H28O2/c1-3-4-6-9-17-12-14-18(15-13-17)16(2)20(21)22-19-10-7-5-8-11-19/h5,7-8,10-11,14,16-17H,3-4,6,9,12-13,15H2,1-2H3. The zero-order valence-corrected chi connectivity index (χ0v) is 13.9. The van der Waals surface area contributed by atoms with Crippen molar-refractivity contribution in [1.29, 1.82) is 0 Å². The summed E-state index contributed by atoms with van der Waals surface area (Å²) in [5.74, 6) is 1.18. The Morgan fingerprint density at radius 2 is 2.05 bits per heavy atom. The molecule has 2 rings (SSSR count). The summed E-state index contributed by atoms with van der Waals surface area (Å²) in [4.78, 5) is 12.2. The van der Waals surface area contributed by atoms with Crippen LogP contribution in [0.5, 0.6) is 5.75 Å². The molecule has 0 aliphatic heterocycles. The van der Waals surface area contributed by atoms with Crippen LogP contribution in [0.2, 0.25) is 0 Å². The number of para-hydroxylation sites is 1. The maximum Gasteiger partial charge on any atom is 0.318 e. The number of rotatable bonds is 7. The van der Waals surface area contributed by atoms with Crippen LogP contribution in [0, 0.1) is 11.8 Å². The van der Waals surface area contributed by atoms with E-state index in [0.29, 0.717) is 5.75 Å². The summed E-state index contributed by atoms with van der Waals surface area (Å²) in [7, 11) is 0. The van der Waals surface area contributed by atoms with E-state index in [1.165, 1.54) is 37.7 Å². The van der Waals surface area contributed by atoms with Crippen molar-refractivity contribution in [2.24, 2.45) is 11.8 Å². The summed E-state index contributed by atoms with van der Waals surface area (Å²) >= 11 is 0. The van der Waals surface area contributed by atoms with Crippen molar-refractivity contribution in [2.45, 2.75) is 58.8 Å². The predicted molar refractivity (Wildman–Crippen MR) is 90.8 cm³/mol. The van der Waals surface area contributed by atoms with Gasteiger partial charge in [0, 0.05) is 0 Å². The Morgan fingerprint density at radius 1 is 1.27 bits per heavy atom. The van der Waals surface area contributed by atoms with E-state index in [1.807, 2.05) is 37.3 Å². The molecule has 0 spiro atoms. The molecule has 0 N–H and O–H groups in total. The van der Waals surface area contributed by atoms with Crippen LogP contribution in [0.1, 0.15) is 58.8 Å². The molecule has 2 nitrogen and oxygen atoms in total. The number of ether oxygens (including phenoxy) is 1. The Balaban J connectivity index is 1.82. The van der Waals surface area contributed by atoms with Crippen molar-refractivity contribution in [3.8, 4) is 5.75 Å². The van der Waals surface area contributed by atoms with Gasteiger partial charge in [0.15, 0.2) is 0 Å². The Labute approximate surface area is 134 Å². The molecule has 2 heteroatoms. The van der Waals surface area contributed by atoms with E-state index in [2.05, 4.69) is 13.0 Å². The third-order valence-electron chi connectivity index (χ3n) is 4.64. The minimum absolute atomic E-state index is 0.128. The van der Waals surface area contributed by atoms with Crippen LogP contribution in [-0.4, -0.2) is 5.97 Å². The molecule has 0 aromatic heterocycles. The van der Waals surface area contributed by atoms with Gasteiger partial charge in [0.25, 0.3) is 0 Å². The topological polar surface area (TPSA) is 26.3 Å². The Hall–Kier alpha value is -1.57. The van der Waals surface area contributed by atoms with Gasteiger partial charge < -0.3 is 4.74 Å². The molecule has 1 aliphatic rings. The minimum Gasteiger partial charge on any atom is -0.426 e. The second-order valence-electron chi connectivity index (χ2n) is 6.37. The molecule has 0 saturated heterocycles. The second-order valence-corrected chi connectivity index (χ2v) is 6.37. The smallest absolute Gasteiger partial charge is 0.318 e. The van der Waals surface area contributed by atoms with Gasteiger partial charge >= 0.3 is 5.97 Å². The highest BCUT2D eigenvalue weighted by atomic mass is 16.5. The van der Waals surface area contributed by atoms with Crippen LogP contribution in [-0.2, 0) is 4.79 Å². The van der Waals surface area contributed by atoms with Gasteiger partial charge in [-0.1, -0.05) is 62.5 Å². The molecule has 120 valence electrons. The predicted octanol–water partition coefficient (Wildman–Crippen LogP) is 5.53. The molecule has 2 atom stereocenters. The number of allylic oxidation sites excluding steroid dienone is 1. The Morgan fingerprint density at radius 3 is 2.68 bits per heavy atom. The molecule has 22 heavy (non-hydrogen) atoms. The van der Waals surface area contributed by atoms with Gasteiger partial charge in [0.1, 0.15) is 5.75 Å². The van der Waals surface area contributed by atoms with Gasteiger partial charge in [0.2, 0.25) is 0 Å². The molecule has 0 amide bonds. The van der Waals surface area contributed by atoms with E-state index in [9.17, 15) is 4.79 Å². The van der Waals surface area contributed by atoms with E-state index in [0.717, 1.165) is 18.8 Å². The summed E-state index contributed by atoms with van der Waals surface area (Å²) in [6.07, 6.45) is 11.0. The number of hydrogen-bond acceptors (Lipinski definition) is 2. The number of hydrogen-bond donors (Lipinski definition) is 0.